The van der Waals surface area contributed by atoms with E-state index in [1.54, 1.807) is 6.07 Å². The normalized spacial score (nSPS) is 21.7. The first-order valence-corrected chi connectivity index (χ1v) is 8.25. The molecule has 2 N–H and O–H groups in total. The Hall–Kier alpha value is -1.20. The third-order valence-corrected chi connectivity index (χ3v) is 5.14. The average Bonchev–Trinajstić information content (AvgIpc) is 2.46. The summed E-state index contributed by atoms with van der Waals surface area (Å²) in [6.45, 7) is 4.03. The van der Waals surface area contributed by atoms with Crippen LogP contribution in [-0.4, -0.2) is 28.1 Å². The summed E-state index contributed by atoms with van der Waals surface area (Å²) >= 11 is 0. The van der Waals surface area contributed by atoms with Crippen molar-refractivity contribution in [1.29, 1.82) is 5.26 Å². The molecule has 0 bridgehead atoms. The summed E-state index contributed by atoms with van der Waals surface area (Å²) in [6.07, 6.45) is 1.95. The Kier molecular flexibility index (Phi) is 6.32. The lowest BCUT2D eigenvalue weighted by Crippen LogP contribution is -2.45. The molecule has 1 atom stereocenters. The minimum atomic E-state index is -3.74. The lowest BCUT2D eigenvalue weighted by molar-refractivity contribution is 0.238. The highest BCUT2D eigenvalue weighted by Crippen LogP contribution is 2.25. The predicted octanol–water partition coefficient (Wildman–Crippen LogP) is 1.79. The van der Waals surface area contributed by atoms with Crippen LogP contribution >= 0.6 is 12.4 Å². The van der Waals surface area contributed by atoms with Crippen LogP contribution < -0.4 is 10.0 Å². The first kappa shape index (κ1) is 18.8. The Morgan fingerprint density at radius 1 is 1.50 bits per heavy atom. The van der Waals surface area contributed by atoms with Crippen molar-refractivity contribution in [1.82, 2.24) is 10.0 Å². The number of nitriles is 1. The van der Waals surface area contributed by atoms with E-state index in [4.69, 9.17) is 5.26 Å². The molecule has 1 heterocycles. The zero-order valence-electron chi connectivity index (χ0n) is 12.2. The van der Waals surface area contributed by atoms with Crippen LogP contribution in [0.4, 0.5) is 4.39 Å². The van der Waals surface area contributed by atoms with Crippen LogP contribution in [0.15, 0.2) is 23.1 Å². The van der Waals surface area contributed by atoms with Gasteiger partial charge >= 0.3 is 0 Å². The number of piperidine rings is 1. The standard InChI is InChI=1S/C14H18FN3O2S.ClH/c1-14(5-2-6-17-9-14)10-18-21(19,20)12-3-4-13(15)11(7-12)8-16;/h3-4,7,17-18H,2,5-6,9-10H2,1H3;1H. The van der Waals surface area contributed by atoms with Gasteiger partial charge in [-0.15, -0.1) is 12.4 Å². The monoisotopic (exact) mass is 347 g/mol. The van der Waals surface area contributed by atoms with Crippen LogP contribution in [0.5, 0.6) is 0 Å². The van der Waals surface area contributed by atoms with Gasteiger partial charge in [0, 0.05) is 13.1 Å². The van der Waals surface area contributed by atoms with Crippen molar-refractivity contribution < 1.29 is 12.8 Å². The maximum Gasteiger partial charge on any atom is 0.240 e. The minimum absolute atomic E-state index is 0. The van der Waals surface area contributed by atoms with Crippen molar-refractivity contribution in [3.63, 3.8) is 0 Å². The Labute approximate surface area is 136 Å². The molecule has 1 fully saturated rings. The SMILES string of the molecule is CC1(CNS(=O)(=O)c2ccc(F)c(C#N)c2)CCCNC1.Cl. The third-order valence-electron chi connectivity index (χ3n) is 3.74. The summed E-state index contributed by atoms with van der Waals surface area (Å²) in [4.78, 5) is -0.0900. The molecule has 0 aromatic heterocycles. The van der Waals surface area contributed by atoms with Crippen LogP contribution in [0.3, 0.4) is 0 Å². The summed E-state index contributed by atoms with van der Waals surface area (Å²) in [7, 11) is -3.74. The highest BCUT2D eigenvalue weighted by Gasteiger charge is 2.28. The first-order chi connectivity index (χ1) is 9.86. The van der Waals surface area contributed by atoms with Crippen LogP contribution in [-0.2, 0) is 10.0 Å². The van der Waals surface area contributed by atoms with Crippen LogP contribution in [0.1, 0.15) is 25.3 Å². The van der Waals surface area contributed by atoms with E-state index in [2.05, 4.69) is 10.0 Å². The van der Waals surface area contributed by atoms with Gasteiger partial charge in [-0.1, -0.05) is 6.92 Å². The predicted molar refractivity (Wildman–Crippen MR) is 83.8 cm³/mol. The maximum absolute atomic E-state index is 13.2. The molecule has 1 aromatic rings. The van der Waals surface area contributed by atoms with Crippen LogP contribution in [0.25, 0.3) is 0 Å². The Morgan fingerprint density at radius 3 is 2.82 bits per heavy atom. The van der Waals surface area contributed by atoms with E-state index in [1.807, 2.05) is 6.92 Å². The maximum atomic E-state index is 13.2. The fourth-order valence-electron chi connectivity index (χ4n) is 2.38. The second kappa shape index (κ2) is 7.38. The minimum Gasteiger partial charge on any atom is -0.316 e. The summed E-state index contributed by atoms with van der Waals surface area (Å²) in [6, 6.07) is 4.86. The van der Waals surface area contributed by atoms with Gasteiger partial charge in [0.05, 0.1) is 10.5 Å². The molecular weight excluding hydrogens is 329 g/mol. The number of rotatable bonds is 4. The second-order valence-electron chi connectivity index (χ2n) is 5.67. The number of nitrogens with zero attached hydrogens (tertiary/aromatic N) is 1. The van der Waals surface area contributed by atoms with Crippen molar-refractivity contribution in [2.24, 2.45) is 5.41 Å². The fraction of sp³-hybridized carbons (Fsp3) is 0.500. The fourth-order valence-corrected chi connectivity index (χ4v) is 3.60. The van der Waals surface area contributed by atoms with Gasteiger partial charge in [0.2, 0.25) is 10.0 Å². The highest BCUT2D eigenvalue weighted by molar-refractivity contribution is 7.89. The Balaban J connectivity index is 0.00000242. The Morgan fingerprint density at radius 2 is 2.23 bits per heavy atom. The molecule has 1 aromatic carbocycles. The molecule has 1 aliphatic heterocycles. The van der Waals surface area contributed by atoms with E-state index < -0.39 is 15.8 Å². The number of nitrogens with one attached hydrogen (secondary N) is 2. The van der Waals surface area contributed by atoms with Crippen molar-refractivity contribution in [3.8, 4) is 6.07 Å². The molecule has 0 radical (unpaired) electrons. The second-order valence-corrected chi connectivity index (χ2v) is 7.44. The van der Waals surface area contributed by atoms with Gasteiger partial charge in [0.15, 0.2) is 0 Å². The molecule has 122 valence electrons. The summed E-state index contributed by atoms with van der Waals surface area (Å²) < 4.78 is 40.3. The highest BCUT2D eigenvalue weighted by atomic mass is 35.5. The molecule has 5 nitrogen and oxygen atoms in total. The van der Waals surface area contributed by atoms with Crippen molar-refractivity contribution in [2.75, 3.05) is 19.6 Å². The van der Waals surface area contributed by atoms with E-state index in [1.165, 1.54) is 6.07 Å². The summed E-state index contributed by atoms with van der Waals surface area (Å²) in [5, 5.41) is 12.0. The van der Waals surface area contributed by atoms with E-state index in [0.29, 0.717) is 6.54 Å². The van der Waals surface area contributed by atoms with Gasteiger partial charge in [0.1, 0.15) is 11.9 Å². The zero-order chi connectivity index (χ0) is 15.5. The average molecular weight is 348 g/mol. The van der Waals surface area contributed by atoms with Gasteiger partial charge in [-0.3, -0.25) is 0 Å². The molecule has 0 amide bonds. The number of benzene rings is 1. The summed E-state index contributed by atoms with van der Waals surface area (Å²) in [5.41, 5.74) is -0.410. The van der Waals surface area contributed by atoms with Crippen molar-refractivity contribution in [2.45, 2.75) is 24.7 Å². The lowest BCUT2D eigenvalue weighted by Gasteiger charge is -2.34. The van der Waals surface area contributed by atoms with Crippen molar-refractivity contribution in [3.05, 3.63) is 29.6 Å². The number of hydrogen-bond donors (Lipinski definition) is 2. The first-order valence-electron chi connectivity index (χ1n) is 6.76. The number of halogens is 2. The number of hydrogen-bond acceptors (Lipinski definition) is 4. The largest absolute Gasteiger partial charge is 0.316 e. The van der Waals surface area contributed by atoms with E-state index in [-0.39, 0.29) is 28.3 Å². The topological polar surface area (TPSA) is 82.0 Å². The third kappa shape index (κ3) is 4.40. The molecule has 0 saturated carbocycles. The molecule has 1 saturated heterocycles. The molecule has 0 aliphatic carbocycles. The molecule has 0 spiro atoms. The van der Waals surface area contributed by atoms with Gasteiger partial charge < -0.3 is 5.32 Å². The lowest BCUT2D eigenvalue weighted by atomic mass is 9.83. The van der Waals surface area contributed by atoms with Gasteiger partial charge in [-0.25, -0.2) is 17.5 Å². The molecule has 2 rings (SSSR count). The molecular formula is C14H19ClFN3O2S. The van der Waals surface area contributed by atoms with Gasteiger partial charge in [-0.2, -0.15) is 5.26 Å². The van der Waals surface area contributed by atoms with E-state index >= 15 is 0 Å². The number of sulfonamides is 1. The smallest absolute Gasteiger partial charge is 0.240 e. The summed E-state index contributed by atoms with van der Waals surface area (Å²) in [5.74, 6) is -0.722. The Bertz CT molecular complexity index is 667. The molecule has 1 unspecified atom stereocenters. The van der Waals surface area contributed by atoms with E-state index in [9.17, 15) is 12.8 Å². The van der Waals surface area contributed by atoms with Gasteiger partial charge in [0.25, 0.3) is 0 Å². The van der Waals surface area contributed by atoms with Crippen LogP contribution in [0, 0.1) is 22.6 Å². The van der Waals surface area contributed by atoms with Crippen molar-refractivity contribution >= 4 is 22.4 Å². The van der Waals surface area contributed by atoms with Gasteiger partial charge in [-0.05, 0) is 43.0 Å². The van der Waals surface area contributed by atoms with Crippen LogP contribution in [0.2, 0.25) is 0 Å². The quantitative estimate of drug-likeness (QED) is 0.870. The molecule has 8 heteroatoms. The zero-order valence-corrected chi connectivity index (χ0v) is 13.9. The molecule has 22 heavy (non-hydrogen) atoms. The van der Waals surface area contributed by atoms with E-state index in [0.717, 1.165) is 38.1 Å². The molecule has 1 aliphatic rings.